The summed E-state index contributed by atoms with van der Waals surface area (Å²) in [4.78, 5) is 53.1. The van der Waals surface area contributed by atoms with E-state index in [2.05, 4.69) is 22.1 Å². The highest BCUT2D eigenvalue weighted by Gasteiger charge is 2.32. The van der Waals surface area contributed by atoms with Crippen molar-refractivity contribution in [3.05, 3.63) is 34.2 Å². The summed E-state index contributed by atoms with van der Waals surface area (Å²) in [7, 11) is 3.62. The number of piperazine rings is 1. The van der Waals surface area contributed by atoms with Gasteiger partial charge in [0.2, 0.25) is 11.8 Å². The molecule has 0 radical (unpaired) electrons. The van der Waals surface area contributed by atoms with Gasteiger partial charge in [-0.15, -0.1) is 0 Å². The number of ether oxygens (including phenoxy) is 1. The number of nitrogens with zero attached hydrogens (tertiary/aromatic N) is 4. The minimum Gasteiger partial charge on any atom is -0.444 e. The number of rotatable bonds is 1. The van der Waals surface area contributed by atoms with Gasteiger partial charge in [-0.05, 0) is 52.4 Å². The molecule has 2 fully saturated rings. The van der Waals surface area contributed by atoms with E-state index in [1.807, 2.05) is 40.0 Å². The fraction of sp³-hybridized carbons (Fsp3) is 0.520. The molecular weight excluding hydrogens is 450 g/mol. The Morgan fingerprint density at radius 3 is 2.54 bits per heavy atom. The molecule has 0 spiro atoms. The van der Waals surface area contributed by atoms with Crippen LogP contribution in [-0.4, -0.2) is 75.2 Å². The molecule has 1 unspecified atom stereocenters. The van der Waals surface area contributed by atoms with Crippen LogP contribution in [0.25, 0.3) is 11.0 Å². The molecule has 1 aromatic carbocycles. The normalized spacial score (nSPS) is 21.5. The number of hydrogen-bond acceptors (Lipinski definition) is 6. The number of carbonyl (C=O) groups excluding carboxylic acids is 3. The van der Waals surface area contributed by atoms with Gasteiger partial charge in [0.25, 0.3) is 0 Å². The van der Waals surface area contributed by atoms with Gasteiger partial charge in [-0.1, -0.05) is 11.8 Å². The van der Waals surface area contributed by atoms with Crippen LogP contribution in [0.15, 0.2) is 23.0 Å². The van der Waals surface area contributed by atoms with Crippen molar-refractivity contribution in [2.75, 3.05) is 26.7 Å². The second-order valence-electron chi connectivity index (χ2n) is 10.1. The summed E-state index contributed by atoms with van der Waals surface area (Å²) >= 11 is 0. The second-order valence-corrected chi connectivity index (χ2v) is 10.1. The van der Waals surface area contributed by atoms with Crippen molar-refractivity contribution in [2.45, 2.75) is 51.3 Å². The molecule has 3 amide bonds. The van der Waals surface area contributed by atoms with Gasteiger partial charge < -0.3 is 9.64 Å². The van der Waals surface area contributed by atoms with Crippen molar-refractivity contribution in [3.63, 3.8) is 0 Å². The van der Waals surface area contributed by atoms with E-state index in [1.165, 1.54) is 9.13 Å². The third-order valence-electron chi connectivity index (χ3n) is 6.29. The fourth-order valence-electron chi connectivity index (χ4n) is 4.36. The van der Waals surface area contributed by atoms with Crippen LogP contribution >= 0.6 is 0 Å². The lowest BCUT2D eigenvalue weighted by Crippen LogP contribution is -2.53. The summed E-state index contributed by atoms with van der Waals surface area (Å²) in [6.07, 6.45) is 0.134. The van der Waals surface area contributed by atoms with Gasteiger partial charge in [-0.25, -0.2) is 9.59 Å². The molecule has 2 aliphatic rings. The molecule has 4 rings (SSSR count). The molecule has 0 bridgehead atoms. The van der Waals surface area contributed by atoms with Crippen LogP contribution in [-0.2, 0) is 21.4 Å². The zero-order chi connectivity index (χ0) is 25.5. The van der Waals surface area contributed by atoms with Crippen molar-refractivity contribution in [2.24, 2.45) is 7.05 Å². The van der Waals surface area contributed by atoms with Gasteiger partial charge in [-0.3, -0.25) is 28.9 Å². The Balaban J connectivity index is 1.58. The average Bonchev–Trinajstić information content (AvgIpc) is 3.02. The van der Waals surface area contributed by atoms with Gasteiger partial charge in [0, 0.05) is 32.1 Å². The lowest BCUT2D eigenvalue weighted by molar-refractivity contribution is -0.135. The Kier molecular flexibility index (Phi) is 6.47. The van der Waals surface area contributed by atoms with Crippen LogP contribution in [0.2, 0.25) is 0 Å². The van der Waals surface area contributed by atoms with E-state index in [1.54, 1.807) is 18.0 Å². The predicted octanol–water partition coefficient (Wildman–Crippen LogP) is 1.22. The van der Waals surface area contributed by atoms with Crippen LogP contribution < -0.4 is 11.0 Å². The van der Waals surface area contributed by atoms with E-state index in [0.717, 1.165) is 5.56 Å². The average molecular weight is 482 g/mol. The van der Waals surface area contributed by atoms with Crippen LogP contribution in [0, 0.1) is 11.8 Å². The van der Waals surface area contributed by atoms with Crippen molar-refractivity contribution in [3.8, 4) is 11.8 Å². The Hall–Kier alpha value is -3.58. The van der Waals surface area contributed by atoms with E-state index in [0.29, 0.717) is 30.7 Å². The number of imide groups is 1. The lowest BCUT2D eigenvalue weighted by Gasteiger charge is -2.37. The number of amides is 3. The van der Waals surface area contributed by atoms with E-state index < -0.39 is 17.6 Å². The fourth-order valence-corrected chi connectivity index (χ4v) is 4.36. The number of hydrogen-bond donors (Lipinski definition) is 1. The summed E-state index contributed by atoms with van der Waals surface area (Å²) in [5.41, 5.74) is 1.11. The summed E-state index contributed by atoms with van der Waals surface area (Å²) in [6, 6.07) is 4.52. The Morgan fingerprint density at radius 1 is 1.11 bits per heavy atom. The Morgan fingerprint density at radius 2 is 1.86 bits per heavy atom. The topological polar surface area (TPSA) is 106 Å². The molecule has 0 aliphatic carbocycles. The second kappa shape index (κ2) is 9.23. The van der Waals surface area contributed by atoms with Crippen LogP contribution in [0.4, 0.5) is 4.79 Å². The minimum atomic E-state index is -0.726. The lowest BCUT2D eigenvalue weighted by atomic mass is 10.1. The molecule has 10 heteroatoms. The molecule has 3 heterocycles. The number of fused-ring (bicyclic) bond motifs is 1. The highest BCUT2D eigenvalue weighted by molar-refractivity contribution is 6.00. The van der Waals surface area contributed by atoms with Crippen LogP contribution in [0.3, 0.4) is 0 Å². The first-order chi connectivity index (χ1) is 16.4. The molecule has 1 aromatic heterocycles. The maximum atomic E-state index is 12.9. The quantitative estimate of drug-likeness (QED) is 0.485. The molecule has 35 heavy (non-hydrogen) atoms. The largest absolute Gasteiger partial charge is 0.444 e. The number of likely N-dealkylation sites (N-methyl/N-ethyl adjacent to an activating group) is 1. The van der Waals surface area contributed by atoms with Crippen LogP contribution in [0.1, 0.15) is 45.2 Å². The summed E-state index contributed by atoms with van der Waals surface area (Å²) in [5.74, 6) is 5.64. The standard InChI is InChI=1S/C25H31N5O5/c1-25(2,3)35-24(34)29-13-12-27(4)17(15-29)8-6-16-7-9-18-20(14-16)28(5)23(33)30(18)19-10-11-21(31)26-22(19)32/h7,9,14,17,19H,10-13,15H2,1-5H3,(H,26,31,32)/t17-,19?/m1/s1. The number of benzene rings is 1. The van der Waals surface area contributed by atoms with Gasteiger partial charge in [-0.2, -0.15) is 0 Å². The molecule has 2 atom stereocenters. The Bertz CT molecular complexity index is 1310. The minimum absolute atomic E-state index is 0.163. The molecule has 0 saturated carbocycles. The third kappa shape index (κ3) is 5.10. The van der Waals surface area contributed by atoms with Crippen molar-refractivity contribution >= 4 is 28.9 Å². The highest BCUT2D eigenvalue weighted by atomic mass is 16.6. The molecular formula is C25H31N5O5. The molecule has 10 nitrogen and oxygen atoms in total. The first-order valence-corrected chi connectivity index (χ1v) is 11.7. The summed E-state index contributed by atoms with van der Waals surface area (Å²) < 4.78 is 8.43. The van der Waals surface area contributed by atoms with Crippen molar-refractivity contribution in [1.29, 1.82) is 0 Å². The number of aromatic nitrogens is 2. The van der Waals surface area contributed by atoms with Gasteiger partial charge >= 0.3 is 11.8 Å². The molecule has 1 N–H and O–H groups in total. The van der Waals surface area contributed by atoms with Crippen LogP contribution in [0.5, 0.6) is 0 Å². The first-order valence-electron chi connectivity index (χ1n) is 11.7. The maximum absolute atomic E-state index is 12.9. The van der Waals surface area contributed by atoms with E-state index in [4.69, 9.17) is 4.74 Å². The van der Waals surface area contributed by atoms with Crippen molar-refractivity contribution in [1.82, 2.24) is 24.3 Å². The third-order valence-corrected chi connectivity index (χ3v) is 6.29. The first kappa shape index (κ1) is 24.5. The van der Waals surface area contributed by atoms with E-state index in [9.17, 15) is 19.2 Å². The summed E-state index contributed by atoms with van der Waals surface area (Å²) in [5, 5.41) is 2.31. The predicted molar refractivity (Wildman–Crippen MR) is 130 cm³/mol. The maximum Gasteiger partial charge on any atom is 0.410 e. The SMILES string of the molecule is CN1CCN(C(=O)OC(C)(C)C)C[C@H]1C#Cc1ccc2c(c1)n(C)c(=O)n2C1CCC(=O)NC1=O. The van der Waals surface area contributed by atoms with Gasteiger partial charge in [0.1, 0.15) is 11.6 Å². The zero-order valence-electron chi connectivity index (χ0n) is 20.8. The van der Waals surface area contributed by atoms with Gasteiger partial charge in [0.15, 0.2) is 0 Å². The van der Waals surface area contributed by atoms with Crippen molar-refractivity contribution < 1.29 is 19.1 Å². The zero-order valence-corrected chi connectivity index (χ0v) is 20.8. The molecule has 2 aliphatic heterocycles. The number of carbonyl (C=O) groups is 3. The monoisotopic (exact) mass is 481 g/mol. The van der Waals surface area contributed by atoms with Gasteiger partial charge in [0.05, 0.1) is 23.6 Å². The summed E-state index contributed by atoms with van der Waals surface area (Å²) in [6.45, 7) is 7.22. The number of aryl methyl sites for hydroxylation is 1. The van der Waals surface area contributed by atoms with E-state index in [-0.39, 0.29) is 36.6 Å². The number of imidazole rings is 1. The number of piperidine rings is 1. The highest BCUT2D eigenvalue weighted by Crippen LogP contribution is 2.23. The molecule has 2 saturated heterocycles. The number of nitrogens with one attached hydrogen (secondary N) is 1. The smallest absolute Gasteiger partial charge is 0.410 e. The molecule has 186 valence electrons. The van der Waals surface area contributed by atoms with E-state index >= 15 is 0 Å². The molecule has 2 aromatic rings. The Labute approximate surface area is 203 Å².